The zero-order chi connectivity index (χ0) is 103. The highest BCUT2D eigenvalue weighted by molar-refractivity contribution is 8.77. The van der Waals surface area contributed by atoms with Crippen LogP contribution in [0.1, 0.15) is 156 Å². The van der Waals surface area contributed by atoms with E-state index in [-0.39, 0.29) is 112 Å². The fraction of sp³-hybridized carbons (Fsp3) is 0.605. The van der Waals surface area contributed by atoms with Crippen LogP contribution in [0.2, 0.25) is 0 Å². The van der Waals surface area contributed by atoms with E-state index in [1.807, 2.05) is 0 Å². The highest BCUT2D eigenvalue weighted by Gasteiger charge is 2.45. The molecule has 3 aliphatic rings. The maximum Gasteiger partial charge on any atom is 0.246 e. The van der Waals surface area contributed by atoms with Crippen LogP contribution < -0.4 is 120 Å². The molecule has 3 fully saturated rings. The third-order valence-electron chi connectivity index (χ3n) is 22.6. The Labute approximate surface area is 813 Å². The van der Waals surface area contributed by atoms with Crippen molar-refractivity contribution < 1.29 is 116 Å². The van der Waals surface area contributed by atoms with Crippen molar-refractivity contribution in [3.8, 4) is 11.5 Å². The van der Waals surface area contributed by atoms with Crippen LogP contribution >= 0.6 is 43.2 Å². The largest absolute Gasteiger partial charge is 0.508 e. The van der Waals surface area contributed by atoms with Gasteiger partial charge in [-0.3, -0.25) is 105 Å². The van der Waals surface area contributed by atoms with E-state index < -0.39 is 302 Å². The first-order valence-electron chi connectivity index (χ1n) is 45.1. The first-order valence-corrected chi connectivity index (χ1v) is 50.1. The number of nitrogens with zero attached hydrogens (tertiary/aromatic N) is 2. The zero-order valence-electron chi connectivity index (χ0n) is 78.2. The van der Waals surface area contributed by atoms with Crippen molar-refractivity contribution in [3.05, 3.63) is 59.7 Å². The average molecular weight is 2010 g/mol. The number of nitrogens with one attached hydrogen (secondary N) is 14. The van der Waals surface area contributed by atoms with Crippen LogP contribution in [0, 0.1) is 23.7 Å². The number of carbonyl (C=O) groups excluding carboxylic acids is 22. The molecule has 22 amide bonds. The Morgan fingerprint density at radius 3 is 1.00 bits per heavy atom. The Hall–Kier alpha value is -12.3. The predicted molar refractivity (Wildman–Crippen MR) is 509 cm³/mol. The normalized spacial score (nSPS) is 24.3. The van der Waals surface area contributed by atoms with Gasteiger partial charge < -0.3 is 140 Å². The summed E-state index contributed by atoms with van der Waals surface area (Å²) in [6.07, 6.45) is -4.51. The van der Waals surface area contributed by atoms with Crippen molar-refractivity contribution in [2.45, 2.75) is 255 Å². The number of aromatic hydroxyl groups is 2. The Balaban J connectivity index is 1.68. The molecule has 138 heavy (non-hydrogen) atoms. The summed E-state index contributed by atoms with van der Waals surface area (Å²) in [6, 6.07) is -15.4. The third kappa shape index (κ3) is 39.3. The first kappa shape index (κ1) is 116. The van der Waals surface area contributed by atoms with E-state index in [1.54, 1.807) is 41.5 Å². The maximum absolute atomic E-state index is 15.2. The van der Waals surface area contributed by atoms with Crippen LogP contribution in [-0.2, 0) is 118 Å². The summed E-state index contributed by atoms with van der Waals surface area (Å²) < 4.78 is 0. The minimum absolute atomic E-state index is 0.00372. The van der Waals surface area contributed by atoms with Gasteiger partial charge in [0.15, 0.2) is 0 Å². The zero-order valence-corrected chi connectivity index (χ0v) is 81.4. The summed E-state index contributed by atoms with van der Waals surface area (Å²) in [6.45, 7) is 11.9. The molecular formula is C86H132N24O24S4. The number of rotatable bonds is 34. The van der Waals surface area contributed by atoms with E-state index in [9.17, 15) is 106 Å². The first-order chi connectivity index (χ1) is 65.0. The molecule has 18 atom stereocenters. The number of benzene rings is 2. The van der Waals surface area contributed by atoms with Crippen LogP contribution in [0.3, 0.4) is 0 Å². The van der Waals surface area contributed by atoms with Crippen LogP contribution in [-0.4, -0.2) is 296 Å². The van der Waals surface area contributed by atoms with Crippen molar-refractivity contribution in [3.63, 3.8) is 0 Å². The van der Waals surface area contributed by atoms with Crippen molar-refractivity contribution >= 4 is 173 Å². The van der Waals surface area contributed by atoms with Gasteiger partial charge in [-0.15, -0.1) is 0 Å². The Morgan fingerprint density at radius 1 is 0.391 bits per heavy atom. The molecule has 2 aromatic rings. The molecule has 0 saturated carbocycles. The average Bonchev–Trinajstić information content (AvgIpc) is 1.68. The summed E-state index contributed by atoms with van der Waals surface area (Å²) in [5, 5.41) is 55.7. The van der Waals surface area contributed by atoms with E-state index >= 15 is 9.59 Å². The number of primary amides is 6. The highest BCUT2D eigenvalue weighted by atomic mass is 33.1. The lowest BCUT2D eigenvalue weighted by Gasteiger charge is -2.31. The van der Waals surface area contributed by atoms with E-state index in [0.29, 0.717) is 11.1 Å². The second-order valence-corrected chi connectivity index (χ2v) is 39.9. The molecule has 0 bridgehead atoms. The van der Waals surface area contributed by atoms with Gasteiger partial charge in [0.05, 0.1) is 38.0 Å². The summed E-state index contributed by atoms with van der Waals surface area (Å²) in [7, 11) is 3.31. The lowest BCUT2D eigenvalue weighted by Crippen LogP contribution is -2.61. The molecule has 0 spiro atoms. The molecule has 32 N–H and O–H groups in total. The van der Waals surface area contributed by atoms with Crippen LogP contribution in [0.25, 0.3) is 0 Å². The van der Waals surface area contributed by atoms with Crippen molar-refractivity contribution in [2.24, 2.45) is 69.5 Å². The van der Waals surface area contributed by atoms with Gasteiger partial charge in [0.1, 0.15) is 96.1 Å². The minimum Gasteiger partial charge on any atom is -0.508 e. The number of amides is 22. The number of hydrogen-bond acceptors (Lipinski definition) is 30. The van der Waals surface area contributed by atoms with E-state index in [4.69, 9.17) is 45.9 Å². The Morgan fingerprint density at radius 2 is 0.696 bits per heavy atom. The van der Waals surface area contributed by atoms with E-state index in [0.717, 1.165) is 53.0 Å². The molecule has 3 aliphatic heterocycles. The van der Waals surface area contributed by atoms with Gasteiger partial charge in [0.25, 0.3) is 0 Å². The summed E-state index contributed by atoms with van der Waals surface area (Å²) >= 11 is 0. The molecular weight excluding hydrogens is 1880 g/mol. The highest BCUT2D eigenvalue weighted by Crippen LogP contribution is 2.29. The Bertz CT molecular complexity index is 4380. The molecule has 0 radical (unpaired) electrons. The van der Waals surface area contributed by atoms with Gasteiger partial charge in [-0.2, -0.15) is 0 Å². The molecule has 48 nitrogen and oxygen atoms in total. The van der Waals surface area contributed by atoms with E-state index in [1.165, 1.54) is 62.4 Å². The quantitative estimate of drug-likeness (QED) is 0.0290. The lowest BCUT2D eigenvalue weighted by molar-refractivity contribution is -0.142. The van der Waals surface area contributed by atoms with Crippen molar-refractivity contribution in [2.75, 3.05) is 49.2 Å². The smallest absolute Gasteiger partial charge is 0.246 e. The van der Waals surface area contributed by atoms with Gasteiger partial charge in [0, 0.05) is 61.8 Å². The van der Waals surface area contributed by atoms with Crippen molar-refractivity contribution in [1.29, 1.82) is 0 Å². The van der Waals surface area contributed by atoms with Gasteiger partial charge in [0.2, 0.25) is 130 Å². The number of nitrogens with two attached hydrogens (primary N) is 8. The number of phenolic OH excluding ortho intramolecular Hbond substituents is 2. The molecule has 0 aliphatic carbocycles. The standard InChI is InChI=1S/C86H132N24O24S4/c1-9-43(7)69-83(131)97-51(23-25-63(89)113)75(123)101-57(33-65(91)115)77(125)105-59(85(133)109-27-11-13-61(109)81(129)103-53(29-41(3)4)73(121)95-35-67(93)117)39-138-136-38-50(88)72(120)100-56(32-46-17-21-48(112)22-18-46)80(128)108-70(44(8)10-2)84(132)98-52(24-26-64(90)114)76(124)102-58(34-66(92)116)78(126)106-60(40-137-135-37-49(87)71(119)99-55(79(127)107-69)31-45-15-19-47(111)20-16-45)86(134)110-28-12-14-62(110)82(130)104-54(30-42(5)6)74(122)96-36-68(94)118/h15-22,41-44,49-62,69-70,111-112H,9-14,23-40,87-88H2,1-8H3,(H2,89,113)(H2,90,114)(H2,91,115)(H2,92,116)(H2,93,117)(H2,94,118)(H,95,121)(H,96,122)(H,97,131)(H,98,132)(H,99,119)(H,100,120)(H,101,123)(H,102,124)(H,103,129)(H,104,130)(H,105,125)(H,106,126)(H,107,127)(H,108,128)/t43-,44+,49+,50-,51+,52-,53-,54+,55+,56-,57-,58+,59-,60+,61+,62-,69-,70+. The second-order valence-electron chi connectivity index (χ2n) is 34.8. The second kappa shape index (κ2) is 57.8. The van der Waals surface area contributed by atoms with Gasteiger partial charge in [-0.1, -0.05) is 136 Å². The van der Waals surface area contributed by atoms with Crippen molar-refractivity contribution in [1.82, 2.24) is 84.2 Å². The van der Waals surface area contributed by atoms with Crippen LogP contribution in [0.15, 0.2) is 48.5 Å². The monoisotopic (exact) mass is 2010 g/mol. The molecule has 5 rings (SSSR count). The number of carbonyl (C=O) groups is 22. The van der Waals surface area contributed by atoms with E-state index in [2.05, 4.69) is 74.4 Å². The molecule has 52 heteroatoms. The van der Waals surface area contributed by atoms with Gasteiger partial charge in [-0.25, -0.2) is 0 Å². The third-order valence-corrected chi connectivity index (χ3v) is 27.5. The van der Waals surface area contributed by atoms with Gasteiger partial charge in [-0.05, 0) is 110 Å². The van der Waals surface area contributed by atoms with Crippen LogP contribution in [0.5, 0.6) is 11.5 Å². The molecule has 3 saturated heterocycles. The fourth-order valence-electron chi connectivity index (χ4n) is 14.7. The molecule has 0 unspecified atom stereocenters. The topological polar surface area (TPSA) is 799 Å². The summed E-state index contributed by atoms with van der Waals surface area (Å²) in [5.74, 6) is -26.9. The predicted octanol–water partition coefficient (Wildman–Crippen LogP) is -7.22. The molecule has 764 valence electrons. The molecule has 2 aromatic carbocycles. The summed E-state index contributed by atoms with van der Waals surface area (Å²) in [5.41, 5.74) is 47.0. The van der Waals surface area contributed by atoms with Crippen LogP contribution in [0.4, 0.5) is 0 Å². The fourth-order valence-corrected chi connectivity index (χ4v) is 19.2. The minimum atomic E-state index is -2.04. The Kier molecular flexibility index (Phi) is 48.7. The molecule has 3 heterocycles. The summed E-state index contributed by atoms with van der Waals surface area (Å²) in [4.78, 5) is 311. The maximum atomic E-state index is 15.2. The lowest BCUT2D eigenvalue weighted by atomic mass is 9.96. The number of hydrogen-bond donors (Lipinski definition) is 24. The molecule has 0 aromatic heterocycles. The van der Waals surface area contributed by atoms with Gasteiger partial charge >= 0.3 is 0 Å². The SMILES string of the molecule is CC[C@@H](C)[C@H]1NC(=O)[C@H](Cc2ccc(O)cc2)NC(=O)[C@@H](N)CSSC[C@@H](C(=O)N2CCC[C@@H]2C(=O)N[C@@H](CC(C)C)C(=O)NCC(N)=O)NC(=O)[C@H](CC(N)=O)NC(=O)[C@@H](CCC(N)=O)NC(=O)[C@H]([C@@H](C)CC)NC(=O)[C@@H](Cc2ccc(O)cc2)NC(=O)[C@H](N)CSSC[C@H](C(=O)N2CCC[C@H]2C(=O)N[C@H](CC(C)C)C(=O)NCC(N)=O)NC(=O)[C@@H](CC(N)=O)NC(=O)[C@H](CCC(N)=O)NC1=O. The number of likely N-dealkylation sites (tertiary alicyclic amines) is 2. The number of phenols is 2.